The van der Waals surface area contributed by atoms with E-state index >= 15 is 0 Å². The molecule has 0 amide bonds. The van der Waals surface area contributed by atoms with Gasteiger partial charge in [0.05, 0.1) is 0 Å². The first kappa shape index (κ1) is 10.1. The number of rotatable bonds is 1. The molecule has 0 saturated carbocycles. The molecule has 2 unspecified atom stereocenters. The van der Waals surface area contributed by atoms with Crippen LogP contribution in [0.1, 0.15) is 20.3 Å². The van der Waals surface area contributed by atoms with Gasteiger partial charge in [0.15, 0.2) is 0 Å². The largest absolute Gasteiger partial charge is 0.338 e. The summed E-state index contributed by atoms with van der Waals surface area (Å²) in [5.74, 6) is 1.63. The monoisotopic (exact) mass is 303 g/mol. The number of hydrogen-bond donors (Lipinski definition) is 0. The van der Waals surface area contributed by atoms with Gasteiger partial charge in [0, 0.05) is 28.6 Å². The third-order valence-corrected chi connectivity index (χ3v) is 3.20. The fraction of sp³-hybridized carbons (Fsp3) is 0.600. The highest BCUT2D eigenvalue weighted by atomic mass is 127. The molecule has 0 N–H and O–H groups in total. The zero-order valence-corrected chi connectivity index (χ0v) is 10.6. The van der Waals surface area contributed by atoms with Gasteiger partial charge in [0.2, 0.25) is 5.95 Å². The van der Waals surface area contributed by atoms with E-state index in [1.807, 2.05) is 12.4 Å². The van der Waals surface area contributed by atoms with Crippen LogP contribution >= 0.6 is 22.6 Å². The van der Waals surface area contributed by atoms with Gasteiger partial charge in [-0.3, -0.25) is 0 Å². The molecule has 76 valence electrons. The van der Waals surface area contributed by atoms with Crippen LogP contribution in [0.3, 0.4) is 0 Å². The van der Waals surface area contributed by atoms with Crippen LogP contribution in [0.25, 0.3) is 0 Å². The molecule has 1 saturated heterocycles. The number of hydrogen-bond acceptors (Lipinski definition) is 3. The lowest BCUT2D eigenvalue weighted by Crippen LogP contribution is -2.28. The number of anilines is 1. The zero-order valence-electron chi connectivity index (χ0n) is 8.44. The van der Waals surface area contributed by atoms with Gasteiger partial charge in [-0.25, -0.2) is 9.97 Å². The molecule has 3 nitrogen and oxygen atoms in total. The van der Waals surface area contributed by atoms with Crippen molar-refractivity contribution in [1.29, 1.82) is 0 Å². The number of aromatic nitrogens is 2. The molecule has 0 aromatic carbocycles. The molecule has 1 aliphatic rings. The summed E-state index contributed by atoms with van der Waals surface area (Å²) in [7, 11) is 0. The van der Waals surface area contributed by atoms with Crippen LogP contribution in [0.5, 0.6) is 0 Å². The van der Waals surface area contributed by atoms with Crippen molar-refractivity contribution >= 4 is 28.5 Å². The molecule has 0 bridgehead atoms. The van der Waals surface area contributed by atoms with Crippen molar-refractivity contribution in [1.82, 2.24) is 9.97 Å². The van der Waals surface area contributed by atoms with Crippen molar-refractivity contribution in [3.63, 3.8) is 0 Å². The average molecular weight is 303 g/mol. The number of nitrogens with zero attached hydrogens (tertiary/aromatic N) is 3. The van der Waals surface area contributed by atoms with Crippen molar-refractivity contribution < 1.29 is 0 Å². The first-order valence-electron chi connectivity index (χ1n) is 4.91. The molecule has 1 fully saturated rings. The van der Waals surface area contributed by atoms with E-state index in [1.165, 1.54) is 6.42 Å². The topological polar surface area (TPSA) is 29.0 Å². The molecule has 4 heteroatoms. The Morgan fingerprint density at radius 3 is 2.50 bits per heavy atom. The molecule has 0 spiro atoms. The van der Waals surface area contributed by atoms with E-state index in [9.17, 15) is 0 Å². The fourth-order valence-electron chi connectivity index (χ4n) is 2.03. The minimum atomic E-state index is 0.574. The van der Waals surface area contributed by atoms with Crippen molar-refractivity contribution in [3.8, 4) is 0 Å². The Kier molecular flexibility index (Phi) is 2.90. The molecule has 2 heterocycles. The molecule has 1 aromatic rings. The summed E-state index contributed by atoms with van der Waals surface area (Å²) >= 11 is 2.23. The minimum Gasteiger partial charge on any atom is -0.338 e. The maximum absolute atomic E-state index is 4.35. The van der Waals surface area contributed by atoms with Crippen LogP contribution in [0.2, 0.25) is 0 Å². The lowest BCUT2D eigenvalue weighted by Gasteiger charge is -2.20. The molecule has 2 rings (SSSR count). The third kappa shape index (κ3) is 1.99. The summed E-state index contributed by atoms with van der Waals surface area (Å²) in [5.41, 5.74) is 0. The Morgan fingerprint density at radius 2 is 2.00 bits per heavy atom. The average Bonchev–Trinajstić information content (AvgIpc) is 2.47. The van der Waals surface area contributed by atoms with Gasteiger partial charge in [-0.05, 0) is 41.9 Å². The molecule has 0 aliphatic carbocycles. The smallest absolute Gasteiger partial charge is 0.225 e. The maximum Gasteiger partial charge on any atom is 0.225 e. The summed E-state index contributed by atoms with van der Waals surface area (Å²) in [4.78, 5) is 11.0. The van der Waals surface area contributed by atoms with Crippen LogP contribution in [-0.4, -0.2) is 22.6 Å². The Labute approximate surface area is 98.1 Å². The quantitative estimate of drug-likeness (QED) is 0.746. The molecule has 0 radical (unpaired) electrons. The van der Waals surface area contributed by atoms with E-state index < -0.39 is 0 Å². The minimum absolute atomic E-state index is 0.574. The summed E-state index contributed by atoms with van der Waals surface area (Å²) in [6.07, 6.45) is 4.99. The van der Waals surface area contributed by atoms with Crippen LogP contribution in [-0.2, 0) is 0 Å². The fourth-order valence-corrected chi connectivity index (χ4v) is 2.31. The zero-order chi connectivity index (χ0) is 10.1. The van der Waals surface area contributed by atoms with Gasteiger partial charge < -0.3 is 4.90 Å². The molecule has 1 aromatic heterocycles. The Morgan fingerprint density at radius 1 is 1.36 bits per heavy atom. The van der Waals surface area contributed by atoms with Gasteiger partial charge in [-0.2, -0.15) is 0 Å². The van der Waals surface area contributed by atoms with Crippen LogP contribution < -0.4 is 4.90 Å². The van der Waals surface area contributed by atoms with Crippen molar-refractivity contribution in [2.24, 2.45) is 5.92 Å². The van der Waals surface area contributed by atoms with E-state index in [0.717, 1.165) is 22.0 Å². The van der Waals surface area contributed by atoms with E-state index in [1.54, 1.807) is 0 Å². The second-order valence-electron chi connectivity index (χ2n) is 4.04. The highest BCUT2D eigenvalue weighted by Crippen LogP contribution is 2.25. The van der Waals surface area contributed by atoms with Gasteiger partial charge >= 0.3 is 0 Å². The lowest BCUT2D eigenvalue weighted by molar-refractivity contribution is 0.624. The van der Waals surface area contributed by atoms with Crippen molar-refractivity contribution in [3.05, 3.63) is 16.0 Å². The van der Waals surface area contributed by atoms with Crippen molar-refractivity contribution in [2.45, 2.75) is 26.3 Å². The highest BCUT2D eigenvalue weighted by molar-refractivity contribution is 14.1. The first-order chi connectivity index (χ1) is 6.66. The van der Waals surface area contributed by atoms with Crippen molar-refractivity contribution in [2.75, 3.05) is 11.4 Å². The van der Waals surface area contributed by atoms with Gasteiger partial charge in [0.1, 0.15) is 0 Å². The first-order valence-corrected chi connectivity index (χ1v) is 5.99. The summed E-state index contributed by atoms with van der Waals surface area (Å²) in [6.45, 7) is 5.61. The normalized spacial score (nSPS) is 26.9. The number of halogens is 1. The Balaban J connectivity index is 2.19. The predicted octanol–water partition coefficient (Wildman–Crippen LogP) is 2.32. The van der Waals surface area contributed by atoms with E-state index in [0.29, 0.717) is 6.04 Å². The summed E-state index contributed by atoms with van der Waals surface area (Å²) in [5, 5.41) is 0. The van der Waals surface area contributed by atoms with Crippen LogP contribution in [0, 0.1) is 9.49 Å². The molecule has 2 atom stereocenters. The third-order valence-electron chi connectivity index (χ3n) is 2.65. The highest BCUT2D eigenvalue weighted by Gasteiger charge is 2.27. The van der Waals surface area contributed by atoms with Crippen LogP contribution in [0.4, 0.5) is 5.95 Å². The van der Waals surface area contributed by atoms with Gasteiger partial charge in [0.25, 0.3) is 0 Å². The molecule has 14 heavy (non-hydrogen) atoms. The molecular weight excluding hydrogens is 289 g/mol. The lowest BCUT2D eigenvalue weighted by atomic mass is 10.1. The predicted molar refractivity (Wildman–Crippen MR) is 65.3 cm³/mol. The molecular formula is C10H14IN3. The van der Waals surface area contributed by atoms with Gasteiger partial charge in [-0.15, -0.1) is 0 Å². The summed E-state index contributed by atoms with van der Waals surface area (Å²) < 4.78 is 1.09. The second kappa shape index (κ2) is 4.00. The second-order valence-corrected chi connectivity index (χ2v) is 5.29. The van der Waals surface area contributed by atoms with E-state index in [2.05, 4.69) is 51.3 Å². The summed E-state index contributed by atoms with van der Waals surface area (Å²) in [6, 6.07) is 0.574. The van der Waals surface area contributed by atoms with E-state index in [-0.39, 0.29) is 0 Å². The SMILES string of the molecule is CC1CC(C)N(c2ncc(I)cn2)C1. The van der Waals surface area contributed by atoms with Crippen LogP contribution in [0.15, 0.2) is 12.4 Å². The van der Waals surface area contributed by atoms with E-state index in [4.69, 9.17) is 0 Å². The maximum atomic E-state index is 4.35. The Hall–Kier alpha value is -0.390. The Bertz CT molecular complexity index is 312. The molecule has 1 aliphatic heterocycles. The standard InChI is InChI=1S/C10H14IN3/c1-7-3-8(2)14(6-7)10-12-4-9(11)5-13-10/h4-5,7-8H,3,6H2,1-2H3. The van der Waals surface area contributed by atoms with Gasteiger partial charge in [-0.1, -0.05) is 6.92 Å².